The molecule has 0 spiro atoms. The minimum atomic E-state index is -3.27. The van der Waals surface area contributed by atoms with Crippen LogP contribution in [0.3, 0.4) is 0 Å². The molecule has 0 bridgehead atoms. The average molecular weight is 450 g/mol. The molecule has 0 saturated carbocycles. The minimum absolute atomic E-state index is 0.110. The largest absolute Gasteiger partial charge is 0.384 e. The Labute approximate surface area is 182 Å². The van der Waals surface area contributed by atoms with Crippen molar-refractivity contribution in [1.29, 1.82) is 0 Å². The Kier molecular flexibility index (Phi) is 7.13. The summed E-state index contributed by atoms with van der Waals surface area (Å²) in [6.45, 7) is 2.20. The Morgan fingerprint density at radius 3 is 2.74 bits per heavy atom. The molecule has 3 aromatic rings. The summed E-state index contributed by atoms with van der Waals surface area (Å²) in [6.07, 6.45) is 2.53. The third kappa shape index (κ3) is 5.74. The maximum atomic E-state index is 14.3. The molecule has 0 unspecified atom stereocenters. The Balaban J connectivity index is 1.62. The van der Waals surface area contributed by atoms with Gasteiger partial charge in [-0.3, -0.25) is 14.3 Å². The van der Waals surface area contributed by atoms with Crippen LogP contribution >= 0.6 is 11.6 Å². The first-order chi connectivity index (χ1) is 14.8. The molecule has 0 amide bonds. The molecule has 4 N–H and O–H groups in total. The van der Waals surface area contributed by atoms with E-state index in [1.807, 2.05) is 13.0 Å². The van der Waals surface area contributed by atoms with Gasteiger partial charge in [-0.1, -0.05) is 23.7 Å². The van der Waals surface area contributed by atoms with E-state index in [0.717, 1.165) is 11.3 Å². The number of alkyl halides is 2. The zero-order chi connectivity index (χ0) is 22.4. The SMILES string of the molecule is Cc1nc(N)ccc1CNCCn1c(Cl)cnc(NCC(F)(F)c2ccccn2)c1=O. The molecule has 3 rings (SSSR count). The zero-order valence-corrected chi connectivity index (χ0v) is 17.5. The van der Waals surface area contributed by atoms with Crippen LogP contribution in [0, 0.1) is 6.92 Å². The highest BCUT2D eigenvalue weighted by atomic mass is 35.5. The summed E-state index contributed by atoms with van der Waals surface area (Å²) in [5, 5.41) is 5.72. The van der Waals surface area contributed by atoms with Gasteiger partial charge in [-0.25, -0.2) is 9.97 Å². The summed E-state index contributed by atoms with van der Waals surface area (Å²) in [6, 6.07) is 7.83. The molecule has 0 fully saturated rings. The van der Waals surface area contributed by atoms with E-state index in [-0.39, 0.29) is 17.5 Å². The second-order valence-corrected chi connectivity index (χ2v) is 7.20. The van der Waals surface area contributed by atoms with Crippen LogP contribution in [-0.2, 0) is 19.0 Å². The number of pyridine rings is 2. The molecule has 0 aliphatic heterocycles. The highest BCUT2D eigenvalue weighted by molar-refractivity contribution is 6.29. The normalized spacial score (nSPS) is 11.5. The van der Waals surface area contributed by atoms with Gasteiger partial charge in [0.25, 0.3) is 5.56 Å². The number of rotatable bonds is 9. The smallest absolute Gasteiger partial charge is 0.306 e. The summed E-state index contributed by atoms with van der Waals surface area (Å²) in [7, 11) is 0. The quantitative estimate of drug-likeness (QED) is 0.430. The lowest BCUT2D eigenvalue weighted by Gasteiger charge is -2.17. The van der Waals surface area contributed by atoms with Crippen LogP contribution < -0.4 is 21.9 Å². The summed E-state index contributed by atoms with van der Waals surface area (Å²) in [4.78, 5) is 24.4. The molecule has 0 saturated heterocycles. The van der Waals surface area contributed by atoms with Crippen molar-refractivity contribution < 1.29 is 8.78 Å². The van der Waals surface area contributed by atoms with Gasteiger partial charge in [-0.15, -0.1) is 0 Å². The Morgan fingerprint density at radius 2 is 2.03 bits per heavy atom. The van der Waals surface area contributed by atoms with Crippen molar-refractivity contribution in [3.63, 3.8) is 0 Å². The number of halogens is 3. The molecule has 0 aliphatic carbocycles. The van der Waals surface area contributed by atoms with Gasteiger partial charge in [0.1, 0.15) is 16.7 Å². The first-order valence-corrected chi connectivity index (χ1v) is 9.87. The standard InChI is InChI=1S/C20H22ClF2N7O/c1-13-14(5-6-17(24)29-13)10-25-8-9-30-16(21)11-27-18(19(30)31)28-12-20(22,23)15-4-2-3-7-26-15/h2-7,11,25H,8-10,12H2,1H3,(H2,24,29)(H,27,28). The molecule has 0 atom stereocenters. The van der Waals surface area contributed by atoms with E-state index in [9.17, 15) is 13.6 Å². The molecular formula is C20H22ClF2N7O. The van der Waals surface area contributed by atoms with Gasteiger partial charge in [0.05, 0.1) is 12.7 Å². The maximum absolute atomic E-state index is 14.3. The van der Waals surface area contributed by atoms with Crippen molar-refractivity contribution in [3.8, 4) is 0 Å². The second-order valence-electron chi connectivity index (χ2n) is 6.82. The van der Waals surface area contributed by atoms with Gasteiger partial charge in [0.15, 0.2) is 5.82 Å². The Hall–Kier alpha value is -3.11. The van der Waals surface area contributed by atoms with Crippen molar-refractivity contribution >= 4 is 23.2 Å². The number of aryl methyl sites for hydroxylation is 1. The molecule has 8 nitrogen and oxygen atoms in total. The number of anilines is 2. The minimum Gasteiger partial charge on any atom is -0.384 e. The Bertz CT molecular complexity index is 1090. The summed E-state index contributed by atoms with van der Waals surface area (Å²) < 4.78 is 29.9. The summed E-state index contributed by atoms with van der Waals surface area (Å²) >= 11 is 6.09. The third-order valence-electron chi connectivity index (χ3n) is 4.57. The van der Waals surface area contributed by atoms with Crippen LogP contribution in [-0.4, -0.2) is 32.6 Å². The zero-order valence-electron chi connectivity index (χ0n) is 16.8. The number of nitrogens with zero attached hydrogens (tertiary/aromatic N) is 4. The summed E-state index contributed by atoms with van der Waals surface area (Å²) in [5.74, 6) is -3.03. The average Bonchev–Trinajstić information content (AvgIpc) is 2.74. The van der Waals surface area contributed by atoms with Crippen LogP contribution in [0.25, 0.3) is 0 Å². The van der Waals surface area contributed by atoms with Crippen LogP contribution in [0.15, 0.2) is 47.5 Å². The molecule has 164 valence electrons. The topological polar surface area (TPSA) is 111 Å². The van der Waals surface area contributed by atoms with E-state index in [4.69, 9.17) is 17.3 Å². The van der Waals surface area contributed by atoms with Gasteiger partial charge >= 0.3 is 5.92 Å². The first kappa shape index (κ1) is 22.6. The number of nitrogen functional groups attached to an aromatic ring is 1. The number of nitrogens with one attached hydrogen (secondary N) is 2. The lowest BCUT2D eigenvalue weighted by atomic mass is 10.2. The third-order valence-corrected chi connectivity index (χ3v) is 4.87. The molecule has 0 aromatic carbocycles. The fourth-order valence-electron chi connectivity index (χ4n) is 2.87. The number of hydrogen-bond donors (Lipinski definition) is 3. The lowest BCUT2D eigenvalue weighted by Crippen LogP contribution is -2.33. The monoisotopic (exact) mass is 449 g/mol. The number of aromatic nitrogens is 4. The van der Waals surface area contributed by atoms with Crippen LogP contribution in [0.1, 0.15) is 17.0 Å². The molecule has 11 heteroatoms. The van der Waals surface area contributed by atoms with Crippen molar-refractivity contribution in [1.82, 2.24) is 24.8 Å². The predicted octanol–water partition coefficient (Wildman–Crippen LogP) is 2.57. The number of hydrogen-bond acceptors (Lipinski definition) is 7. The lowest BCUT2D eigenvalue weighted by molar-refractivity contribution is 0.00588. The van der Waals surface area contributed by atoms with Gasteiger partial charge in [-0.05, 0) is 30.7 Å². The number of nitrogens with two attached hydrogens (primary N) is 1. The fourth-order valence-corrected chi connectivity index (χ4v) is 3.08. The van der Waals surface area contributed by atoms with Crippen molar-refractivity contribution in [3.05, 3.63) is 75.2 Å². The second kappa shape index (κ2) is 9.80. The maximum Gasteiger partial charge on any atom is 0.306 e. The van der Waals surface area contributed by atoms with Crippen molar-refractivity contribution in [2.45, 2.75) is 25.9 Å². The van der Waals surface area contributed by atoms with Crippen molar-refractivity contribution in [2.24, 2.45) is 0 Å². The first-order valence-electron chi connectivity index (χ1n) is 9.49. The van der Waals surface area contributed by atoms with Crippen LogP contribution in [0.5, 0.6) is 0 Å². The van der Waals surface area contributed by atoms with Gasteiger partial charge in [0, 0.05) is 31.5 Å². The van der Waals surface area contributed by atoms with Crippen LogP contribution in [0.2, 0.25) is 5.15 Å². The van der Waals surface area contributed by atoms with Crippen molar-refractivity contribution in [2.75, 3.05) is 24.1 Å². The van der Waals surface area contributed by atoms with E-state index in [0.29, 0.717) is 18.9 Å². The molecule has 0 aliphatic rings. The van der Waals surface area contributed by atoms with Gasteiger partial charge in [-0.2, -0.15) is 8.78 Å². The molecular weight excluding hydrogens is 428 g/mol. The summed E-state index contributed by atoms with van der Waals surface area (Å²) in [5.41, 5.74) is 6.45. The fraction of sp³-hybridized carbons (Fsp3) is 0.300. The predicted molar refractivity (Wildman–Crippen MR) is 115 cm³/mol. The van der Waals surface area contributed by atoms with E-state index in [1.165, 1.54) is 29.1 Å². The van der Waals surface area contributed by atoms with Crippen LogP contribution in [0.4, 0.5) is 20.4 Å². The van der Waals surface area contributed by atoms with Gasteiger partial charge < -0.3 is 16.4 Å². The molecule has 31 heavy (non-hydrogen) atoms. The molecule has 3 aromatic heterocycles. The Morgan fingerprint density at radius 1 is 1.23 bits per heavy atom. The highest BCUT2D eigenvalue weighted by Crippen LogP contribution is 2.25. The van der Waals surface area contributed by atoms with E-state index >= 15 is 0 Å². The molecule has 0 radical (unpaired) electrons. The van der Waals surface area contributed by atoms with E-state index in [1.54, 1.807) is 12.1 Å². The molecule has 3 heterocycles. The van der Waals surface area contributed by atoms with E-state index in [2.05, 4.69) is 25.6 Å². The highest BCUT2D eigenvalue weighted by Gasteiger charge is 2.33. The van der Waals surface area contributed by atoms with Gasteiger partial charge in [0.2, 0.25) is 0 Å². The van der Waals surface area contributed by atoms with E-state index < -0.39 is 23.7 Å².